The highest BCUT2D eigenvalue weighted by Gasteiger charge is 2.26. The zero-order chi connectivity index (χ0) is 25.1. The van der Waals surface area contributed by atoms with E-state index in [9.17, 15) is 14.4 Å². The lowest BCUT2D eigenvalue weighted by Gasteiger charge is -2.31. The van der Waals surface area contributed by atoms with Gasteiger partial charge in [0.15, 0.2) is 11.2 Å². The van der Waals surface area contributed by atoms with Crippen molar-refractivity contribution in [2.24, 2.45) is 12.8 Å². The van der Waals surface area contributed by atoms with E-state index in [4.69, 9.17) is 11.0 Å². The number of carbonyl (C=O) groups excluding carboxylic acids is 1. The lowest BCUT2D eigenvalue weighted by Crippen LogP contribution is -2.44. The normalized spacial score (nSPS) is 15.4. The largest absolute Gasteiger partial charge is 0.341 e. The van der Waals surface area contributed by atoms with Crippen LogP contribution in [0, 0.1) is 23.2 Å². The molecule has 180 valence electrons. The highest BCUT2D eigenvalue weighted by atomic mass is 16.2. The molecule has 1 atom stereocenters. The average Bonchev–Trinajstić information content (AvgIpc) is 3.24. The molecule has 0 saturated carbocycles. The third-order valence-corrected chi connectivity index (χ3v) is 5.97. The van der Waals surface area contributed by atoms with Gasteiger partial charge in [0.25, 0.3) is 5.56 Å². The van der Waals surface area contributed by atoms with Gasteiger partial charge in [-0.1, -0.05) is 5.92 Å². The summed E-state index contributed by atoms with van der Waals surface area (Å²) < 4.78 is 3.86. The highest BCUT2D eigenvalue weighted by Crippen LogP contribution is 2.22. The van der Waals surface area contributed by atoms with E-state index in [0.717, 1.165) is 24.0 Å². The number of amides is 1. The maximum absolute atomic E-state index is 13.5. The van der Waals surface area contributed by atoms with Crippen LogP contribution in [0.4, 0.5) is 11.6 Å². The molecule has 1 aromatic carbocycles. The Bertz CT molecular complexity index is 1490. The first-order valence-corrected chi connectivity index (χ1v) is 11.2. The van der Waals surface area contributed by atoms with Crippen molar-refractivity contribution in [1.82, 2.24) is 18.7 Å². The number of imidazole rings is 1. The van der Waals surface area contributed by atoms with Crippen LogP contribution in [0.25, 0.3) is 11.2 Å². The number of piperidine rings is 1. The number of nitriles is 1. The predicted molar refractivity (Wildman–Crippen MR) is 132 cm³/mol. The summed E-state index contributed by atoms with van der Waals surface area (Å²) in [5.41, 5.74) is 6.24. The number of nitrogens with one attached hydrogen (secondary N) is 1. The number of aromatic nitrogens is 4. The standard InChI is InChI=1S/C24H26N8O3/c1-3-4-12-31-20-21(28-23(31)30-11-5-6-17(26)14-30)29(2)24(35)32(22(20)34)15-19(33)27-18-9-7-16(13-25)8-10-18/h7-10,17H,5-6,11-12,14-15,26H2,1-2H3,(H,27,33). The van der Waals surface area contributed by atoms with Gasteiger partial charge in [0.05, 0.1) is 18.2 Å². The summed E-state index contributed by atoms with van der Waals surface area (Å²) in [7, 11) is 1.52. The van der Waals surface area contributed by atoms with E-state index in [-0.39, 0.29) is 23.8 Å². The fraction of sp³-hybridized carbons (Fsp3) is 0.375. The molecule has 11 nitrogen and oxygen atoms in total. The molecule has 1 aliphatic heterocycles. The van der Waals surface area contributed by atoms with Crippen molar-refractivity contribution in [2.75, 3.05) is 23.3 Å². The quantitative estimate of drug-likeness (QED) is 0.508. The molecule has 0 spiro atoms. The Morgan fingerprint density at radius 3 is 2.66 bits per heavy atom. The zero-order valence-corrected chi connectivity index (χ0v) is 19.6. The maximum atomic E-state index is 13.5. The lowest BCUT2D eigenvalue weighted by molar-refractivity contribution is -0.116. The Balaban J connectivity index is 1.76. The Morgan fingerprint density at radius 2 is 2.00 bits per heavy atom. The topological polar surface area (TPSA) is 144 Å². The number of benzene rings is 1. The van der Waals surface area contributed by atoms with Crippen LogP contribution in [0.1, 0.15) is 25.3 Å². The van der Waals surface area contributed by atoms with Gasteiger partial charge >= 0.3 is 5.69 Å². The van der Waals surface area contributed by atoms with Gasteiger partial charge in [0.1, 0.15) is 6.54 Å². The van der Waals surface area contributed by atoms with E-state index in [1.807, 2.05) is 11.0 Å². The number of anilines is 2. The van der Waals surface area contributed by atoms with Gasteiger partial charge in [-0.15, -0.1) is 5.92 Å². The number of carbonyl (C=O) groups is 1. The third-order valence-electron chi connectivity index (χ3n) is 5.97. The van der Waals surface area contributed by atoms with Crippen molar-refractivity contribution in [1.29, 1.82) is 5.26 Å². The van der Waals surface area contributed by atoms with Gasteiger partial charge in [0, 0.05) is 31.9 Å². The number of fused-ring (bicyclic) bond motifs is 1. The third kappa shape index (κ3) is 4.67. The molecule has 1 unspecified atom stereocenters. The monoisotopic (exact) mass is 474 g/mol. The molecule has 1 saturated heterocycles. The number of nitrogens with two attached hydrogens (primary N) is 1. The van der Waals surface area contributed by atoms with Crippen molar-refractivity contribution >= 4 is 28.7 Å². The predicted octanol–water partition coefficient (Wildman–Crippen LogP) is 0.358. The van der Waals surface area contributed by atoms with Crippen LogP contribution in [0.3, 0.4) is 0 Å². The number of nitrogens with zero attached hydrogens (tertiary/aromatic N) is 6. The van der Waals surface area contributed by atoms with Crippen LogP contribution in [0.2, 0.25) is 0 Å². The van der Waals surface area contributed by atoms with Crippen molar-refractivity contribution in [3.63, 3.8) is 0 Å². The molecule has 1 amide bonds. The van der Waals surface area contributed by atoms with Crippen LogP contribution < -0.4 is 27.2 Å². The van der Waals surface area contributed by atoms with Gasteiger partial charge in [-0.25, -0.2) is 9.36 Å². The second-order valence-corrected chi connectivity index (χ2v) is 8.42. The van der Waals surface area contributed by atoms with Crippen LogP contribution in [-0.4, -0.2) is 43.7 Å². The molecule has 0 aliphatic carbocycles. The molecular formula is C24H26N8O3. The summed E-state index contributed by atoms with van der Waals surface area (Å²) in [6.45, 7) is 2.75. The molecule has 35 heavy (non-hydrogen) atoms. The first-order valence-electron chi connectivity index (χ1n) is 11.2. The molecule has 11 heteroatoms. The number of rotatable bonds is 5. The maximum Gasteiger partial charge on any atom is 0.332 e. The van der Waals surface area contributed by atoms with Gasteiger partial charge in [-0.05, 0) is 44.0 Å². The van der Waals surface area contributed by atoms with Crippen LogP contribution in [0.5, 0.6) is 0 Å². The molecule has 0 radical (unpaired) electrons. The molecular weight excluding hydrogens is 448 g/mol. The summed E-state index contributed by atoms with van der Waals surface area (Å²) in [6.07, 6.45) is 1.80. The Hall–Kier alpha value is -4.35. The van der Waals surface area contributed by atoms with E-state index in [0.29, 0.717) is 23.7 Å². The van der Waals surface area contributed by atoms with E-state index in [1.165, 1.54) is 11.6 Å². The van der Waals surface area contributed by atoms with Gasteiger partial charge < -0.3 is 16.0 Å². The molecule has 4 rings (SSSR count). The van der Waals surface area contributed by atoms with Gasteiger partial charge in [-0.3, -0.25) is 18.7 Å². The van der Waals surface area contributed by atoms with Gasteiger partial charge in [0.2, 0.25) is 11.9 Å². The summed E-state index contributed by atoms with van der Waals surface area (Å²) in [4.78, 5) is 45.9. The van der Waals surface area contributed by atoms with Crippen LogP contribution in [-0.2, 0) is 24.9 Å². The van der Waals surface area contributed by atoms with Crippen molar-refractivity contribution in [2.45, 2.75) is 38.9 Å². The lowest BCUT2D eigenvalue weighted by atomic mass is 10.1. The Morgan fingerprint density at radius 1 is 1.26 bits per heavy atom. The van der Waals surface area contributed by atoms with Crippen molar-refractivity contribution < 1.29 is 4.79 Å². The number of hydrogen-bond donors (Lipinski definition) is 2. The first kappa shape index (κ1) is 23.8. The number of hydrogen-bond acceptors (Lipinski definition) is 7. The molecule has 0 bridgehead atoms. The molecule has 1 fully saturated rings. The van der Waals surface area contributed by atoms with Crippen LogP contribution >= 0.6 is 0 Å². The fourth-order valence-electron chi connectivity index (χ4n) is 4.21. The zero-order valence-electron chi connectivity index (χ0n) is 19.6. The summed E-state index contributed by atoms with van der Waals surface area (Å²) in [6, 6.07) is 8.27. The Kier molecular flexibility index (Phi) is 6.71. The summed E-state index contributed by atoms with van der Waals surface area (Å²) in [5.74, 6) is 5.79. The highest BCUT2D eigenvalue weighted by molar-refractivity contribution is 5.90. The molecule has 2 aromatic heterocycles. The molecule has 3 aromatic rings. The van der Waals surface area contributed by atoms with Gasteiger partial charge in [-0.2, -0.15) is 10.2 Å². The van der Waals surface area contributed by atoms with Crippen molar-refractivity contribution in [3.05, 3.63) is 50.7 Å². The minimum absolute atomic E-state index is 0.0133. The van der Waals surface area contributed by atoms with Crippen molar-refractivity contribution in [3.8, 4) is 17.9 Å². The number of aryl methyl sites for hydroxylation is 1. The van der Waals surface area contributed by atoms with E-state index >= 15 is 0 Å². The minimum atomic E-state index is -0.648. The van der Waals surface area contributed by atoms with E-state index < -0.39 is 23.7 Å². The van der Waals surface area contributed by atoms with Crippen LogP contribution in [0.15, 0.2) is 33.9 Å². The fourth-order valence-corrected chi connectivity index (χ4v) is 4.21. The molecule has 3 N–H and O–H groups in total. The second-order valence-electron chi connectivity index (χ2n) is 8.42. The second kappa shape index (κ2) is 9.87. The average molecular weight is 475 g/mol. The van der Waals surface area contributed by atoms with E-state index in [1.54, 1.807) is 35.8 Å². The molecule has 1 aliphatic rings. The minimum Gasteiger partial charge on any atom is -0.341 e. The summed E-state index contributed by atoms with van der Waals surface area (Å²) in [5, 5.41) is 11.6. The first-order chi connectivity index (χ1) is 16.8. The smallest absolute Gasteiger partial charge is 0.332 e. The van der Waals surface area contributed by atoms with E-state index in [2.05, 4.69) is 22.1 Å². The summed E-state index contributed by atoms with van der Waals surface area (Å²) >= 11 is 0. The Labute approximate surface area is 201 Å². The molecule has 3 heterocycles. The SMILES string of the molecule is CC#CCn1c(N2CCCC(N)C2)nc2c1c(=O)n(CC(=O)Nc1ccc(C#N)cc1)c(=O)n2C.